The third-order valence-electron chi connectivity index (χ3n) is 5.55. The maximum Gasteiger partial charge on any atom is 0.317 e. The molecule has 174 valence electrons. The first-order valence-electron chi connectivity index (χ1n) is 11.2. The third kappa shape index (κ3) is 5.84. The van der Waals surface area contributed by atoms with E-state index in [2.05, 4.69) is 15.2 Å². The van der Waals surface area contributed by atoms with Crippen LogP contribution in [-0.4, -0.2) is 61.2 Å². The Morgan fingerprint density at radius 2 is 1.76 bits per heavy atom. The van der Waals surface area contributed by atoms with Crippen molar-refractivity contribution in [2.75, 3.05) is 40.4 Å². The third-order valence-corrected chi connectivity index (χ3v) is 5.55. The van der Waals surface area contributed by atoms with Gasteiger partial charge in [0, 0.05) is 30.1 Å². The highest BCUT2D eigenvalue weighted by atomic mass is 16.6. The Labute approximate surface area is 193 Å². The van der Waals surface area contributed by atoms with Gasteiger partial charge in [0.2, 0.25) is 0 Å². The first-order valence-corrected chi connectivity index (χ1v) is 11.2. The quantitative estimate of drug-likeness (QED) is 0.551. The molecule has 0 radical (unpaired) electrons. The van der Waals surface area contributed by atoms with Gasteiger partial charge in [-0.3, -0.25) is 4.79 Å². The van der Waals surface area contributed by atoms with Gasteiger partial charge in [-0.15, -0.1) is 0 Å². The monoisotopic (exact) mass is 450 g/mol. The molecule has 0 unspecified atom stereocenters. The smallest absolute Gasteiger partial charge is 0.317 e. The van der Waals surface area contributed by atoms with Gasteiger partial charge in [-0.1, -0.05) is 30.3 Å². The number of carbonyl (C=O) groups is 1. The number of nitrogens with one attached hydrogen (secondary N) is 2. The molecular formula is C25H30N4O4. The Morgan fingerprint density at radius 1 is 1.03 bits per heavy atom. The zero-order valence-electron chi connectivity index (χ0n) is 19.1. The van der Waals surface area contributed by atoms with Gasteiger partial charge >= 0.3 is 6.03 Å². The van der Waals surface area contributed by atoms with Crippen LogP contribution in [0.5, 0.6) is 11.5 Å². The highest BCUT2D eigenvalue weighted by Crippen LogP contribution is 2.33. The van der Waals surface area contributed by atoms with Crippen molar-refractivity contribution in [2.45, 2.75) is 19.5 Å². The Kier molecular flexibility index (Phi) is 7.14. The molecule has 0 aliphatic carbocycles. The molecular weight excluding hydrogens is 420 g/mol. The standard InChI is InChI=1S/C25H30N4O4/c1-28(2)9-6-10-29(25(31)26-16-18-7-4-3-5-8-18)17-20-13-19-14-22-23(33-12-11-32-22)15-21(19)27-24(20)30/h3-5,7-8,13-15H,6,9-12,16-17H2,1-2H3,(H,26,31)(H,27,30). The second-order valence-electron chi connectivity index (χ2n) is 8.43. The minimum absolute atomic E-state index is 0.195. The number of aromatic amines is 1. The lowest BCUT2D eigenvalue weighted by Crippen LogP contribution is -2.41. The molecule has 4 rings (SSSR count). The summed E-state index contributed by atoms with van der Waals surface area (Å²) in [6, 6.07) is 15.1. The number of amides is 2. The highest BCUT2D eigenvalue weighted by molar-refractivity contribution is 5.83. The number of benzene rings is 2. The van der Waals surface area contributed by atoms with E-state index in [0.717, 1.165) is 23.9 Å². The summed E-state index contributed by atoms with van der Waals surface area (Å²) in [4.78, 5) is 32.5. The number of aromatic nitrogens is 1. The number of rotatable bonds is 8. The van der Waals surface area contributed by atoms with Crippen LogP contribution >= 0.6 is 0 Å². The van der Waals surface area contributed by atoms with Crippen LogP contribution in [0.1, 0.15) is 17.5 Å². The molecule has 2 N–H and O–H groups in total. The van der Waals surface area contributed by atoms with Crippen LogP contribution in [0.2, 0.25) is 0 Å². The van der Waals surface area contributed by atoms with Gasteiger partial charge in [0.1, 0.15) is 13.2 Å². The number of hydrogen-bond donors (Lipinski definition) is 2. The molecule has 33 heavy (non-hydrogen) atoms. The number of ether oxygens (including phenoxy) is 2. The van der Waals surface area contributed by atoms with Crippen molar-refractivity contribution >= 4 is 16.9 Å². The van der Waals surface area contributed by atoms with E-state index in [0.29, 0.717) is 48.9 Å². The lowest BCUT2D eigenvalue weighted by molar-refractivity contribution is 0.172. The molecule has 0 saturated heterocycles. The van der Waals surface area contributed by atoms with Crippen molar-refractivity contribution in [3.05, 3.63) is 70.0 Å². The van der Waals surface area contributed by atoms with Crippen LogP contribution in [0.25, 0.3) is 10.9 Å². The van der Waals surface area contributed by atoms with Gasteiger partial charge in [0.25, 0.3) is 5.56 Å². The molecule has 0 atom stereocenters. The van der Waals surface area contributed by atoms with E-state index in [1.54, 1.807) is 11.0 Å². The Hall–Kier alpha value is -3.52. The maximum absolute atomic E-state index is 13.0. The SMILES string of the molecule is CN(C)CCCN(Cc1cc2cc3c(cc2[nH]c1=O)OCCO3)C(=O)NCc1ccccc1. The average Bonchev–Trinajstić information content (AvgIpc) is 2.81. The van der Waals surface area contributed by atoms with E-state index in [-0.39, 0.29) is 18.1 Å². The molecule has 2 heterocycles. The van der Waals surface area contributed by atoms with Crippen molar-refractivity contribution < 1.29 is 14.3 Å². The summed E-state index contributed by atoms with van der Waals surface area (Å²) >= 11 is 0. The van der Waals surface area contributed by atoms with E-state index in [1.807, 2.05) is 56.6 Å². The van der Waals surface area contributed by atoms with Crippen LogP contribution in [0, 0.1) is 0 Å². The second-order valence-corrected chi connectivity index (χ2v) is 8.43. The molecule has 2 aromatic carbocycles. The number of H-pyrrole nitrogens is 1. The molecule has 1 aromatic heterocycles. The van der Waals surface area contributed by atoms with Gasteiger partial charge in [-0.2, -0.15) is 0 Å². The normalized spacial score (nSPS) is 12.7. The fourth-order valence-corrected chi connectivity index (χ4v) is 3.83. The van der Waals surface area contributed by atoms with E-state index < -0.39 is 0 Å². The topological polar surface area (TPSA) is 86.9 Å². The summed E-state index contributed by atoms with van der Waals surface area (Å²) in [5, 5.41) is 3.82. The van der Waals surface area contributed by atoms with Crippen LogP contribution in [0.3, 0.4) is 0 Å². The number of carbonyl (C=O) groups excluding carboxylic acids is 1. The molecule has 0 bridgehead atoms. The lowest BCUT2D eigenvalue weighted by Gasteiger charge is -2.24. The van der Waals surface area contributed by atoms with Gasteiger partial charge < -0.3 is 29.6 Å². The van der Waals surface area contributed by atoms with Crippen LogP contribution < -0.4 is 20.3 Å². The molecule has 0 spiro atoms. The number of urea groups is 1. The van der Waals surface area contributed by atoms with Gasteiger partial charge in [-0.25, -0.2) is 4.79 Å². The van der Waals surface area contributed by atoms with Crippen molar-refractivity contribution in [2.24, 2.45) is 0 Å². The van der Waals surface area contributed by atoms with Crippen molar-refractivity contribution in [3.8, 4) is 11.5 Å². The predicted molar refractivity (Wildman–Crippen MR) is 128 cm³/mol. The molecule has 1 aliphatic rings. The zero-order chi connectivity index (χ0) is 23.2. The number of fused-ring (bicyclic) bond motifs is 2. The summed E-state index contributed by atoms with van der Waals surface area (Å²) in [7, 11) is 4.00. The largest absolute Gasteiger partial charge is 0.486 e. The molecule has 1 aliphatic heterocycles. The second kappa shape index (κ2) is 10.4. The van der Waals surface area contributed by atoms with E-state index in [1.165, 1.54) is 0 Å². The molecule has 8 nitrogen and oxygen atoms in total. The summed E-state index contributed by atoms with van der Waals surface area (Å²) in [6.45, 7) is 3.02. The fourth-order valence-electron chi connectivity index (χ4n) is 3.83. The minimum Gasteiger partial charge on any atom is -0.486 e. The summed E-state index contributed by atoms with van der Waals surface area (Å²) in [6.07, 6.45) is 0.802. The van der Waals surface area contributed by atoms with Crippen molar-refractivity contribution in [1.82, 2.24) is 20.1 Å². The van der Waals surface area contributed by atoms with Crippen molar-refractivity contribution in [3.63, 3.8) is 0 Å². The molecule has 8 heteroatoms. The highest BCUT2D eigenvalue weighted by Gasteiger charge is 2.18. The molecule has 0 saturated carbocycles. The molecule has 2 amide bonds. The first-order chi connectivity index (χ1) is 16.0. The zero-order valence-corrected chi connectivity index (χ0v) is 19.1. The van der Waals surface area contributed by atoms with E-state index >= 15 is 0 Å². The molecule has 3 aromatic rings. The summed E-state index contributed by atoms with van der Waals surface area (Å²) in [5.74, 6) is 1.29. The number of pyridine rings is 1. The Balaban J connectivity index is 1.54. The van der Waals surface area contributed by atoms with Gasteiger partial charge in [0.15, 0.2) is 11.5 Å². The minimum atomic E-state index is -0.215. The van der Waals surface area contributed by atoms with Gasteiger partial charge in [-0.05, 0) is 44.8 Å². The number of hydrogen-bond acceptors (Lipinski definition) is 5. The van der Waals surface area contributed by atoms with Crippen LogP contribution in [-0.2, 0) is 13.1 Å². The van der Waals surface area contributed by atoms with Crippen LogP contribution in [0.15, 0.2) is 53.3 Å². The van der Waals surface area contributed by atoms with Gasteiger partial charge in [0.05, 0.1) is 12.1 Å². The Bertz CT molecular complexity index is 1160. The first kappa shape index (κ1) is 22.7. The van der Waals surface area contributed by atoms with E-state index in [4.69, 9.17) is 9.47 Å². The number of nitrogens with zero attached hydrogens (tertiary/aromatic N) is 2. The predicted octanol–water partition coefficient (Wildman–Crippen LogP) is 2.96. The lowest BCUT2D eigenvalue weighted by atomic mass is 10.1. The molecule has 0 fully saturated rings. The maximum atomic E-state index is 13.0. The summed E-state index contributed by atoms with van der Waals surface area (Å²) in [5.41, 5.74) is 2.02. The average molecular weight is 451 g/mol. The summed E-state index contributed by atoms with van der Waals surface area (Å²) < 4.78 is 11.3. The van der Waals surface area contributed by atoms with Crippen molar-refractivity contribution in [1.29, 1.82) is 0 Å². The Morgan fingerprint density at radius 3 is 2.48 bits per heavy atom. The fraction of sp³-hybridized carbons (Fsp3) is 0.360. The van der Waals surface area contributed by atoms with E-state index in [9.17, 15) is 9.59 Å². The van der Waals surface area contributed by atoms with Crippen LogP contribution in [0.4, 0.5) is 4.79 Å².